The fraction of sp³-hybridized carbons (Fsp3) is 0.235. The van der Waals surface area contributed by atoms with Crippen molar-refractivity contribution in [2.24, 2.45) is 0 Å². The molecular weight excluding hydrogens is 315 g/mol. The number of benzene rings is 1. The van der Waals surface area contributed by atoms with E-state index in [1.807, 2.05) is 6.07 Å². The lowest BCUT2D eigenvalue weighted by Crippen LogP contribution is -2.09. The predicted octanol–water partition coefficient (Wildman–Crippen LogP) is 3.38. The van der Waals surface area contributed by atoms with Gasteiger partial charge in [-0.3, -0.25) is 0 Å². The lowest BCUT2D eigenvalue weighted by Gasteiger charge is -2.13. The van der Waals surface area contributed by atoms with Gasteiger partial charge in [0.25, 0.3) is 0 Å². The summed E-state index contributed by atoms with van der Waals surface area (Å²) in [4.78, 5) is 16.2. The van der Waals surface area contributed by atoms with Crippen LogP contribution in [0.4, 0.5) is 4.39 Å². The van der Waals surface area contributed by atoms with Crippen molar-refractivity contribution < 1.29 is 23.4 Å². The molecule has 0 fully saturated rings. The van der Waals surface area contributed by atoms with Gasteiger partial charge in [-0.25, -0.2) is 14.2 Å². The van der Waals surface area contributed by atoms with Gasteiger partial charge in [-0.1, -0.05) is 0 Å². The third kappa shape index (κ3) is 3.60. The Bertz CT molecular complexity index is 815. The Morgan fingerprint density at radius 3 is 2.71 bits per heavy atom. The number of methoxy groups -OCH3 is 1. The van der Waals surface area contributed by atoms with E-state index in [0.717, 1.165) is 6.07 Å². The van der Waals surface area contributed by atoms with Crippen molar-refractivity contribution in [1.82, 2.24) is 4.98 Å². The van der Waals surface area contributed by atoms with Crippen LogP contribution >= 0.6 is 0 Å². The van der Waals surface area contributed by atoms with Gasteiger partial charge < -0.3 is 14.2 Å². The maximum atomic E-state index is 13.3. The van der Waals surface area contributed by atoms with Crippen molar-refractivity contribution in [3.63, 3.8) is 0 Å². The summed E-state index contributed by atoms with van der Waals surface area (Å²) in [5.74, 6) is -0.879. The number of nitriles is 1. The predicted molar refractivity (Wildman–Crippen MR) is 82.7 cm³/mol. The van der Waals surface area contributed by atoms with Gasteiger partial charge in [0.1, 0.15) is 17.4 Å². The van der Waals surface area contributed by atoms with Gasteiger partial charge in [0.05, 0.1) is 25.0 Å². The first-order valence-corrected chi connectivity index (χ1v) is 7.10. The molecule has 0 N–H and O–H groups in total. The van der Waals surface area contributed by atoms with Gasteiger partial charge in [-0.15, -0.1) is 0 Å². The Morgan fingerprint density at radius 1 is 1.33 bits per heavy atom. The van der Waals surface area contributed by atoms with E-state index in [0.29, 0.717) is 5.69 Å². The molecule has 0 radical (unpaired) electrons. The van der Waals surface area contributed by atoms with Gasteiger partial charge >= 0.3 is 5.97 Å². The van der Waals surface area contributed by atoms with Crippen molar-refractivity contribution in [2.45, 2.75) is 13.8 Å². The SMILES string of the molecule is CCOC(=O)c1cc(C#N)c(C)nc1Oc1ccc(F)cc1OC. The number of aromatic nitrogens is 1. The number of ether oxygens (including phenoxy) is 3. The maximum Gasteiger partial charge on any atom is 0.343 e. The minimum absolute atomic E-state index is 0.00498. The Kier molecular flexibility index (Phi) is 5.32. The summed E-state index contributed by atoms with van der Waals surface area (Å²) >= 11 is 0. The highest BCUT2D eigenvalue weighted by Gasteiger charge is 2.20. The Labute approximate surface area is 138 Å². The minimum atomic E-state index is -0.669. The number of rotatable bonds is 5. The van der Waals surface area contributed by atoms with Crippen LogP contribution in [-0.2, 0) is 4.74 Å². The lowest BCUT2D eigenvalue weighted by atomic mass is 10.1. The lowest BCUT2D eigenvalue weighted by molar-refractivity contribution is 0.0522. The van der Waals surface area contributed by atoms with Gasteiger partial charge in [-0.05, 0) is 32.0 Å². The maximum absolute atomic E-state index is 13.3. The summed E-state index contributed by atoms with van der Waals surface area (Å²) in [6.45, 7) is 3.43. The number of nitrogens with zero attached hydrogens (tertiary/aromatic N) is 2. The normalized spacial score (nSPS) is 9.96. The number of halogens is 1. The molecule has 0 bridgehead atoms. The van der Waals surface area contributed by atoms with Crippen LogP contribution in [0.25, 0.3) is 0 Å². The average molecular weight is 330 g/mol. The van der Waals surface area contributed by atoms with Gasteiger partial charge in [-0.2, -0.15) is 5.26 Å². The van der Waals surface area contributed by atoms with Crippen molar-refractivity contribution in [3.8, 4) is 23.4 Å². The molecule has 124 valence electrons. The molecule has 2 aromatic rings. The quantitative estimate of drug-likeness (QED) is 0.782. The molecule has 0 spiro atoms. The smallest absolute Gasteiger partial charge is 0.343 e. The van der Waals surface area contributed by atoms with Crippen LogP contribution in [0, 0.1) is 24.1 Å². The molecule has 0 atom stereocenters. The summed E-state index contributed by atoms with van der Waals surface area (Å²) < 4.78 is 28.9. The highest BCUT2D eigenvalue weighted by molar-refractivity contribution is 5.92. The molecule has 0 unspecified atom stereocenters. The number of pyridine rings is 1. The number of carbonyl (C=O) groups is 1. The summed E-state index contributed by atoms with van der Waals surface area (Å²) in [6.07, 6.45) is 0. The second kappa shape index (κ2) is 7.42. The molecule has 1 heterocycles. The van der Waals surface area contributed by atoms with E-state index in [4.69, 9.17) is 19.5 Å². The Morgan fingerprint density at radius 2 is 2.08 bits per heavy atom. The molecule has 0 amide bonds. The summed E-state index contributed by atoms with van der Waals surface area (Å²) in [7, 11) is 1.37. The zero-order valence-corrected chi connectivity index (χ0v) is 13.4. The molecule has 7 heteroatoms. The van der Waals surface area contributed by atoms with E-state index < -0.39 is 11.8 Å². The molecule has 24 heavy (non-hydrogen) atoms. The molecule has 1 aromatic heterocycles. The summed E-state index contributed by atoms with van der Waals surface area (Å²) in [5, 5.41) is 9.10. The molecule has 1 aromatic carbocycles. The van der Waals surface area contributed by atoms with Crippen LogP contribution in [0.2, 0.25) is 0 Å². The molecule has 0 aliphatic rings. The van der Waals surface area contributed by atoms with Crippen LogP contribution in [0.3, 0.4) is 0 Å². The number of hydrogen-bond acceptors (Lipinski definition) is 6. The van der Waals surface area contributed by atoms with E-state index in [2.05, 4.69) is 4.98 Å². The molecule has 0 saturated heterocycles. The molecule has 0 saturated carbocycles. The van der Waals surface area contributed by atoms with E-state index in [9.17, 15) is 9.18 Å². The molecule has 6 nitrogen and oxygen atoms in total. The Hall–Kier alpha value is -3.14. The number of carbonyl (C=O) groups excluding carboxylic acids is 1. The molecular formula is C17H15FN2O4. The zero-order chi connectivity index (χ0) is 17.7. The first-order chi connectivity index (χ1) is 11.5. The first kappa shape index (κ1) is 17.2. The van der Waals surface area contributed by atoms with E-state index >= 15 is 0 Å². The van der Waals surface area contributed by atoms with Crippen LogP contribution in [0.1, 0.15) is 28.5 Å². The highest BCUT2D eigenvalue weighted by Crippen LogP contribution is 2.33. The third-order valence-electron chi connectivity index (χ3n) is 3.13. The van der Waals surface area contributed by atoms with Crippen LogP contribution in [0.15, 0.2) is 24.3 Å². The van der Waals surface area contributed by atoms with E-state index in [-0.39, 0.29) is 35.1 Å². The van der Waals surface area contributed by atoms with E-state index in [1.54, 1.807) is 13.8 Å². The van der Waals surface area contributed by atoms with Crippen molar-refractivity contribution in [2.75, 3.05) is 13.7 Å². The van der Waals surface area contributed by atoms with Crippen LogP contribution in [-0.4, -0.2) is 24.7 Å². The zero-order valence-electron chi connectivity index (χ0n) is 13.4. The third-order valence-corrected chi connectivity index (χ3v) is 3.13. The summed E-state index contributed by atoms with van der Waals surface area (Å²) in [6, 6.07) is 7.01. The van der Waals surface area contributed by atoms with Gasteiger partial charge in [0, 0.05) is 6.07 Å². The van der Waals surface area contributed by atoms with Crippen LogP contribution in [0.5, 0.6) is 17.4 Å². The largest absolute Gasteiger partial charge is 0.493 e. The second-order valence-corrected chi connectivity index (χ2v) is 4.70. The van der Waals surface area contributed by atoms with Crippen molar-refractivity contribution >= 4 is 5.97 Å². The number of aryl methyl sites for hydroxylation is 1. The average Bonchev–Trinajstić information content (AvgIpc) is 2.56. The highest BCUT2D eigenvalue weighted by atomic mass is 19.1. The van der Waals surface area contributed by atoms with Crippen LogP contribution < -0.4 is 9.47 Å². The van der Waals surface area contributed by atoms with Gasteiger partial charge in [0.2, 0.25) is 5.88 Å². The Balaban J connectivity index is 2.51. The van der Waals surface area contributed by atoms with Crippen molar-refractivity contribution in [3.05, 3.63) is 46.9 Å². The molecule has 0 aliphatic carbocycles. The van der Waals surface area contributed by atoms with E-state index in [1.165, 1.54) is 25.3 Å². The first-order valence-electron chi connectivity index (χ1n) is 7.10. The monoisotopic (exact) mass is 330 g/mol. The molecule has 2 rings (SSSR count). The topological polar surface area (TPSA) is 81.4 Å². The second-order valence-electron chi connectivity index (χ2n) is 4.70. The standard InChI is InChI=1S/C17H15FN2O4/c1-4-23-17(21)13-7-11(9-19)10(2)20-16(13)24-14-6-5-12(18)8-15(14)22-3/h5-8H,4H2,1-3H3. The molecule has 0 aliphatic heterocycles. The number of hydrogen-bond donors (Lipinski definition) is 0. The van der Waals surface area contributed by atoms with Crippen molar-refractivity contribution in [1.29, 1.82) is 5.26 Å². The van der Waals surface area contributed by atoms with Gasteiger partial charge in [0.15, 0.2) is 11.5 Å². The fourth-order valence-corrected chi connectivity index (χ4v) is 1.96. The fourth-order valence-electron chi connectivity index (χ4n) is 1.96. The summed E-state index contributed by atoms with van der Waals surface area (Å²) in [5.41, 5.74) is 0.628. The number of esters is 1. The minimum Gasteiger partial charge on any atom is -0.493 e.